The molecule has 2 heterocycles. The molecule has 0 aliphatic heterocycles. The van der Waals surface area contributed by atoms with Crippen LogP contribution in [0, 0.1) is 5.82 Å². The Morgan fingerprint density at radius 2 is 2.20 bits per heavy atom. The lowest BCUT2D eigenvalue weighted by Crippen LogP contribution is -2.01. The van der Waals surface area contributed by atoms with Gasteiger partial charge in [-0.05, 0) is 17.5 Å². The smallest absolute Gasteiger partial charge is 0.174 e. The third-order valence-corrected chi connectivity index (χ3v) is 2.26. The Hall–Kier alpha value is -1.71. The molecule has 0 radical (unpaired) electrons. The fraction of sp³-hybridized carbons (Fsp3) is 0.273. The van der Waals surface area contributed by atoms with E-state index in [-0.39, 0.29) is 17.6 Å². The first kappa shape index (κ1) is 9.83. The molecular weight excluding hydrogens is 193 g/mol. The normalized spacial score (nSPS) is 10.9. The van der Waals surface area contributed by atoms with Crippen molar-refractivity contribution in [1.29, 1.82) is 0 Å². The molecule has 0 amide bonds. The van der Waals surface area contributed by atoms with Crippen molar-refractivity contribution in [3.63, 3.8) is 0 Å². The van der Waals surface area contributed by atoms with E-state index in [4.69, 9.17) is 0 Å². The van der Waals surface area contributed by atoms with Crippen molar-refractivity contribution < 1.29 is 4.39 Å². The summed E-state index contributed by atoms with van der Waals surface area (Å²) >= 11 is 0. The zero-order chi connectivity index (χ0) is 10.8. The van der Waals surface area contributed by atoms with Gasteiger partial charge in [0, 0.05) is 18.6 Å². The quantitative estimate of drug-likeness (QED) is 0.754. The van der Waals surface area contributed by atoms with Crippen LogP contribution in [-0.2, 0) is 0 Å². The fourth-order valence-electron chi connectivity index (χ4n) is 1.34. The highest BCUT2D eigenvalue weighted by Crippen LogP contribution is 2.17. The maximum absolute atomic E-state index is 13.7. The highest BCUT2D eigenvalue weighted by atomic mass is 19.1. The van der Waals surface area contributed by atoms with Gasteiger partial charge < -0.3 is 0 Å². The van der Waals surface area contributed by atoms with Gasteiger partial charge in [0.25, 0.3) is 0 Å². The lowest BCUT2D eigenvalue weighted by molar-refractivity contribution is 0.604. The minimum Gasteiger partial charge on any atom is -0.288 e. The molecule has 15 heavy (non-hydrogen) atoms. The minimum absolute atomic E-state index is 0.281. The van der Waals surface area contributed by atoms with Gasteiger partial charge in [-0.3, -0.25) is 4.57 Å². The Balaban J connectivity index is 2.44. The van der Waals surface area contributed by atoms with Gasteiger partial charge >= 0.3 is 0 Å². The lowest BCUT2D eigenvalue weighted by atomic mass is 10.1. The zero-order valence-corrected chi connectivity index (χ0v) is 8.68. The first-order valence-corrected chi connectivity index (χ1v) is 4.82. The van der Waals surface area contributed by atoms with Gasteiger partial charge in [-0.25, -0.2) is 14.4 Å². The van der Waals surface area contributed by atoms with E-state index >= 15 is 0 Å². The summed E-state index contributed by atoms with van der Waals surface area (Å²) in [7, 11) is 0. The van der Waals surface area contributed by atoms with E-state index in [1.54, 1.807) is 23.2 Å². The van der Waals surface area contributed by atoms with E-state index in [2.05, 4.69) is 9.97 Å². The van der Waals surface area contributed by atoms with Crippen molar-refractivity contribution in [3.8, 4) is 5.82 Å². The zero-order valence-electron chi connectivity index (χ0n) is 8.68. The van der Waals surface area contributed by atoms with Crippen LogP contribution in [0.4, 0.5) is 4.39 Å². The molecule has 2 rings (SSSR count). The molecule has 2 aromatic heterocycles. The van der Waals surface area contributed by atoms with E-state index in [0.29, 0.717) is 0 Å². The minimum atomic E-state index is -0.320. The number of pyridine rings is 1. The number of halogens is 1. The predicted octanol–water partition coefficient (Wildman–Crippen LogP) is 2.53. The summed E-state index contributed by atoms with van der Waals surface area (Å²) in [6, 6.07) is 1.52. The summed E-state index contributed by atoms with van der Waals surface area (Å²) in [5, 5.41) is 0. The van der Waals surface area contributed by atoms with Crippen LogP contribution in [0.15, 0.2) is 31.0 Å². The summed E-state index contributed by atoms with van der Waals surface area (Å²) < 4.78 is 15.2. The van der Waals surface area contributed by atoms with Crippen molar-refractivity contribution in [1.82, 2.24) is 14.5 Å². The molecule has 0 aliphatic carbocycles. The summed E-state index contributed by atoms with van der Waals surface area (Å²) in [6.45, 7) is 4.01. The Bertz CT molecular complexity index is 449. The predicted molar refractivity (Wildman–Crippen MR) is 55.4 cm³/mol. The molecule has 0 saturated carbocycles. The molecule has 0 N–H and O–H groups in total. The summed E-state index contributed by atoms with van der Waals surface area (Å²) in [6.07, 6.45) is 6.49. The van der Waals surface area contributed by atoms with E-state index in [9.17, 15) is 4.39 Å². The van der Waals surface area contributed by atoms with Gasteiger partial charge in [0.05, 0.1) is 0 Å². The van der Waals surface area contributed by atoms with Crippen LogP contribution in [0.2, 0.25) is 0 Å². The van der Waals surface area contributed by atoms with Crippen LogP contribution in [0.25, 0.3) is 5.82 Å². The summed E-state index contributed by atoms with van der Waals surface area (Å²) in [5.41, 5.74) is 0.899. The van der Waals surface area contributed by atoms with E-state index < -0.39 is 0 Å². The van der Waals surface area contributed by atoms with E-state index in [0.717, 1.165) is 5.56 Å². The Kier molecular flexibility index (Phi) is 2.49. The first-order chi connectivity index (χ1) is 7.18. The highest BCUT2D eigenvalue weighted by molar-refractivity contribution is 5.28. The fourth-order valence-corrected chi connectivity index (χ4v) is 1.34. The van der Waals surface area contributed by atoms with Crippen molar-refractivity contribution in [2.24, 2.45) is 0 Å². The molecule has 0 bridgehead atoms. The molecule has 0 aliphatic rings. The average Bonchev–Trinajstić information content (AvgIpc) is 2.70. The SMILES string of the molecule is CC(C)c1cnc(-n2ccnc2)c(F)c1. The molecule has 0 spiro atoms. The van der Waals surface area contributed by atoms with Gasteiger partial charge in [-0.1, -0.05) is 13.8 Å². The number of hydrogen-bond acceptors (Lipinski definition) is 2. The maximum Gasteiger partial charge on any atom is 0.174 e. The second-order valence-electron chi connectivity index (χ2n) is 3.70. The van der Waals surface area contributed by atoms with Gasteiger partial charge in [0.15, 0.2) is 11.6 Å². The molecule has 78 valence electrons. The Morgan fingerprint density at radius 1 is 1.40 bits per heavy atom. The maximum atomic E-state index is 13.7. The van der Waals surface area contributed by atoms with Crippen LogP contribution < -0.4 is 0 Å². The van der Waals surface area contributed by atoms with Gasteiger partial charge in [0.2, 0.25) is 0 Å². The topological polar surface area (TPSA) is 30.7 Å². The highest BCUT2D eigenvalue weighted by Gasteiger charge is 2.08. The van der Waals surface area contributed by atoms with Crippen molar-refractivity contribution >= 4 is 0 Å². The Morgan fingerprint density at radius 3 is 2.73 bits per heavy atom. The van der Waals surface area contributed by atoms with Crippen LogP contribution >= 0.6 is 0 Å². The standard InChI is InChI=1S/C11H12FN3/c1-8(2)9-5-10(12)11(14-6-9)15-4-3-13-7-15/h3-8H,1-2H3. The summed E-state index contributed by atoms with van der Waals surface area (Å²) in [4.78, 5) is 7.94. The van der Waals surface area contributed by atoms with E-state index in [1.807, 2.05) is 13.8 Å². The average molecular weight is 205 g/mol. The first-order valence-electron chi connectivity index (χ1n) is 4.82. The molecule has 0 fully saturated rings. The number of hydrogen-bond donors (Lipinski definition) is 0. The van der Waals surface area contributed by atoms with Gasteiger partial charge in [-0.2, -0.15) is 0 Å². The van der Waals surface area contributed by atoms with Crippen molar-refractivity contribution in [3.05, 3.63) is 42.4 Å². The molecule has 0 saturated heterocycles. The summed E-state index contributed by atoms with van der Waals surface area (Å²) in [5.74, 6) is 0.250. The van der Waals surface area contributed by atoms with E-state index in [1.165, 1.54) is 12.4 Å². The third kappa shape index (κ3) is 1.88. The molecule has 0 unspecified atom stereocenters. The molecule has 0 atom stereocenters. The van der Waals surface area contributed by atoms with Crippen LogP contribution in [0.3, 0.4) is 0 Å². The van der Waals surface area contributed by atoms with Crippen LogP contribution in [-0.4, -0.2) is 14.5 Å². The second kappa shape index (κ2) is 3.81. The number of imidazole rings is 1. The largest absolute Gasteiger partial charge is 0.288 e. The van der Waals surface area contributed by atoms with Crippen LogP contribution in [0.5, 0.6) is 0 Å². The molecular formula is C11H12FN3. The Labute approximate surface area is 87.6 Å². The molecule has 4 heteroatoms. The molecule has 2 aromatic rings. The number of nitrogens with zero attached hydrogens (tertiary/aromatic N) is 3. The second-order valence-corrected chi connectivity index (χ2v) is 3.70. The molecule has 0 aromatic carbocycles. The number of rotatable bonds is 2. The van der Waals surface area contributed by atoms with Crippen LogP contribution in [0.1, 0.15) is 25.3 Å². The van der Waals surface area contributed by atoms with Gasteiger partial charge in [-0.15, -0.1) is 0 Å². The van der Waals surface area contributed by atoms with Crippen molar-refractivity contribution in [2.45, 2.75) is 19.8 Å². The lowest BCUT2D eigenvalue weighted by Gasteiger charge is -2.07. The monoisotopic (exact) mass is 205 g/mol. The number of aromatic nitrogens is 3. The van der Waals surface area contributed by atoms with Gasteiger partial charge in [0.1, 0.15) is 6.33 Å². The third-order valence-electron chi connectivity index (χ3n) is 2.26. The molecule has 3 nitrogen and oxygen atoms in total. The van der Waals surface area contributed by atoms with Crippen molar-refractivity contribution in [2.75, 3.05) is 0 Å².